The molecule has 0 radical (unpaired) electrons. The number of non-ortho nitro benzene ring substituents is 1. The van der Waals surface area contributed by atoms with Gasteiger partial charge in [-0.15, -0.1) is 0 Å². The number of aromatic nitrogens is 2. The quantitative estimate of drug-likeness (QED) is 0.522. The van der Waals surface area contributed by atoms with Crippen molar-refractivity contribution in [1.82, 2.24) is 14.9 Å². The molecule has 3 heterocycles. The Morgan fingerprint density at radius 1 is 1.13 bits per heavy atom. The van der Waals surface area contributed by atoms with Gasteiger partial charge >= 0.3 is 0 Å². The average molecular weight is 432 g/mol. The Morgan fingerprint density at radius 3 is 2.40 bits per heavy atom. The Kier molecular flexibility index (Phi) is 5.70. The smallest absolute Gasteiger partial charge is 0.269 e. The molecule has 10 heteroatoms. The summed E-state index contributed by atoms with van der Waals surface area (Å²) in [6.07, 6.45) is 1.48. The van der Waals surface area contributed by atoms with Crippen LogP contribution in [0.2, 0.25) is 0 Å². The van der Waals surface area contributed by atoms with Gasteiger partial charge in [-0.05, 0) is 25.0 Å². The summed E-state index contributed by atoms with van der Waals surface area (Å²) in [5.41, 5.74) is 1.69. The molecule has 4 rings (SSSR count). The lowest BCUT2D eigenvalue weighted by Crippen LogP contribution is -2.51. The third-order valence-corrected chi connectivity index (χ3v) is 7.58. The molecule has 30 heavy (non-hydrogen) atoms. The lowest BCUT2D eigenvalue weighted by Gasteiger charge is -2.38. The van der Waals surface area contributed by atoms with E-state index in [9.17, 15) is 18.5 Å². The van der Waals surface area contributed by atoms with E-state index in [0.29, 0.717) is 11.6 Å². The Labute approximate surface area is 175 Å². The van der Waals surface area contributed by atoms with Gasteiger partial charge in [-0.25, -0.2) is 18.4 Å². The lowest BCUT2D eigenvalue weighted by molar-refractivity contribution is -0.384. The predicted molar refractivity (Wildman–Crippen MR) is 114 cm³/mol. The summed E-state index contributed by atoms with van der Waals surface area (Å²) in [7, 11) is -2.88. The lowest BCUT2D eigenvalue weighted by atomic mass is 10.1. The average Bonchev–Trinajstić information content (AvgIpc) is 3.13. The molecule has 2 aromatic rings. The summed E-state index contributed by atoms with van der Waals surface area (Å²) < 4.78 is 23.6. The van der Waals surface area contributed by atoms with E-state index in [2.05, 4.69) is 14.8 Å². The van der Waals surface area contributed by atoms with Gasteiger partial charge in [0.05, 0.1) is 16.4 Å². The van der Waals surface area contributed by atoms with Crippen molar-refractivity contribution in [3.63, 3.8) is 0 Å². The van der Waals surface area contributed by atoms with Crippen LogP contribution in [0.1, 0.15) is 19.0 Å². The van der Waals surface area contributed by atoms with E-state index in [0.717, 1.165) is 56.1 Å². The van der Waals surface area contributed by atoms with Crippen molar-refractivity contribution >= 4 is 21.3 Å². The molecule has 160 valence electrons. The highest BCUT2D eigenvalue weighted by Crippen LogP contribution is 2.25. The molecule has 1 atom stereocenters. The molecule has 2 aliphatic heterocycles. The molecule has 9 nitrogen and oxygen atoms in total. The maximum absolute atomic E-state index is 11.8. The highest BCUT2D eigenvalue weighted by molar-refractivity contribution is 7.91. The minimum Gasteiger partial charge on any atom is -0.354 e. The number of sulfone groups is 1. The maximum Gasteiger partial charge on any atom is 0.269 e. The van der Waals surface area contributed by atoms with E-state index in [1.165, 1.54) is 12.1 Å². The topological polar surface area (TPSA) is 110 Å². The second-order valence-corrected chi connectivity index (χ2v) is 10.0. The molecule has 0 N–H and O–H groups in total. The zero-order valence-electron chi connectivity index (χ0n) is 16.9. The van der Waals surface area contributed by atoms with Gasteiger partial charge in [0.15, 0.2) is 15.7 Å². The fourth-order valence-corrected chi connectivity index (χ4v) is 5.83. The first-order valence-corrected chi connectivity index (χ1v) is 12.0. The van der Waals surface area contributed by atoms with Crippen molar-refractivity contribution in [3.05, 3.63) is 46.1 Å². The van der Waals surface area contributed by atoms with Crippen molar-refractivity contribution in [1.29, 1.82) is 0 Å². The summed E-state index contributed by atoms with van der Waals surface area (Å²) >= 11 is 0. The summed E-state index contributed by atoms with van der Waals surface area (Å²) in [5, 5.41) is 10.9. The second kappa shape index (κ2) is 8.27. The molecule has 0 aliphatic carbocycles. The number of benzene rings is 1. The maximum atomic E-state index is 11.8. The summed E-state index contributed by atoms with van der Waals surface area (Å²) in [5.74, 6) is 1.96. The summed E-state index contributed by atoms with van der Waals surface area (Å²) in [6.45, 7) is 5.19. The van der Waals surface area contributed by atoms with Gasteiger partial charge in [-0.1, -0.05) is 6.92 Å². The van der Waals surface area contributed by atoms with Crippen LogP contribution >= 0.6 is 0 Å². The zero-order chi connectivity index (χ0) is 21.3. The zero-order valence-corrected chi connectivity index (χ0v) is 17.7. The van der Waals surface area contributed by atoms with Gasteiger partial charge in [0.2, 0.25) is 0 Å². The molecule has 2 fully saturated rings. The molecule has 0 bridgehead atoms. The van der Waals surface area contributed by atoms with Crippen LogP contribution in [-0.4, -0.2) is 71.9 Å². The first-order valence-electron chi connectivity index (χ1n) is 10.2. The first kappa shape index (κ1) is 20.7. The standard InChI is InChI=1S/C20H25N5O4S/c1-2-16-13-19(22-20(21-16)15-3-5-17(6-4-15)25(26)27)24-10-8-23(9-11-24)18-7-12-30(28,29)14-18/h3-6,13,18H,2,7-12,14H2,1H3. The molecule has 2 saturated heterocycles. The van der Waals surface area contributed by atoms with Crippen molar-refractivity contribution in [2.45, 2.75) is 25.8 Å². The second-order valence-electron chi connectivity index (χ2n) is 7.78. The van der Waals surface area contributed by atoms with Crippen LogP contribution in [0.25, 0.3) is 11.4 Å². The highest BCUT2D eigenvalue weighted by atomic mass is 32.2. The van der Waals surface area contributed by atoms with E-state index in [1.54, 1.807) is 12.1 Å². The van der Waals surface area contributed by atoms with E-state index in [4.69, 9.17) is 4.98 Å². The van der Waals surface area contributed by atoms with Crippen LogP contribution in [0, 0.1) is 10.1 Å². The SMILES string of the molecule is CCc1cc(N2CCN(C3CCS(=O)(=O)C3)CC2)nc(-c2ccc([N+](=O)[O-])cc2)n1. The number of hydrogen-bond donors (Lipinski definition) is 0. The van der Waals surface area contributed by atoms with Crippen LogP contribution in [-0.2, 0) is 16.3 Å². The third-order valence-electron chi connectivity index (χ3n) is 5.83. The molecule has 1 unspecified atom stereocenters. The molecule has 1 aromatic heterocycles. The summed E-state index contributed by atoms with van der Waals surface area (Å²) in [6, 6.07) is 8.40. The van der Waals surface area contributed by atoms with Gasteiger partial charge in [0.1, 0.15) is 5.82 Å². The molecular formula is C20H25N5O4S. The van der Waals surface area contributed by atoms with Gasteiger partial charge in [-0.2, -0.15) is 0 Å². The normalized spacial score (nSPS) is 21.6. The number of nitro groups is 1. The number of piperazine rings is 1. The van der Waals surface area contributed by atoms with Gasteiger partial charge in [-0.3, -0.25) is 15.0 Å². The Morgan fingerprint density at radius 2 is 1.83 bits per heavy atom. The Balaban J connectivity index is 1.50. The van der Waals surface area contributed by atoms with E-state index in [-0.39, 0.29) is 17.5 Å². The van der Waals surface area contributed by atoms with Crippen molar-refractivity contribution < 1.29 is 13.3 Å². The Bertz CT molecular complexity index is 1030. The molecular weight excluding hydrogens is 406 g/mol. The third kappa shape index (κ3) is 4.44. The minimum absolute atomic E-state index is 0.0377. The predicted octanol–water partition coefficient (Wildman–Crippen LogP) is 1.92. The van der Waals surface area contributed by atoms with Crippen LogP contribution < -0.4 is 4.90 Å². The number of hydrogen-bond acceptors (Lipinski definition) is 8. The monoisotopic (exact) mass is 431 g/mol. The molecule has 0 saturated carbocycles. The number of rotatable bonds is 5. The van der Waals surface area contributed by atoms with Crippen LogP contribution in [0.5, 0.6) is 0 Å². The van der Waals surface area contributed by atoms with Gasteiger partial charge < -0.3 is 4.90 Å². The number of aryl methyl sites for hydroxylation is 1. The molecule has 1 aromatic carbocycles. The highest BCUT2D eigenvalue weighted by Gasteiger charge is 2.33. The van der Waals surface area contributed by atoms with Crippen molar-refractivity contribution in [3.8, 4) is 11.4 Å². The largest absolute Gasteiger partial charge is 0.354 e. The van der Waals surface area contributed by atoms with Crippen LogP contribution in [0.15, 0.2) is 30.3 Å². The van der Waals surface area contributed by atoms with E-state index >= 15 is 0 Å². The molecule has 0 amide bonds. The van der Waals surface area contributed by atoms with E-state index in [1.807, 2.05) is 13.0 Å². The summed E-state index contributed by atoms with van der Waals surface area (Å²) in [4.78, 5) is 24.3. The van der Waals surface area contributed by atoms with Crippen LogP contribution in [0.4, 0.5) is 11.5 Å². The molecule has 2 aliphatic rings. The number of nitrogens with zero attached hydrogens (tertiary/aromatic N) is 5. The Hall–Kier alpha value is -2.59. The van der Waals surface area contributed by atoms with Crippen molar-refractivity contribution in [2.75, 3.05) is 42.6 Å². The fraction of sp³-hybridized carbons (Fsp3) is 0.500. The van der Waals surface area contributed by atoms with E-state index < -0.39 is 14.8 Å². The minimum atomic E-state index is -2.88. The fourth-order valence-electron chi connectivity index (χ4n) is 4.07. The number of nitro benzene ring substituents is 1. The molecule has 0 spiro atoms. The van der Waals surface area contributed by atoms with Crippen LogP contribution in [0.3, 0.4) is 0 Å². The first-order chi connectivity index (χ1) is 14.3. The van der Waals surface area contributed by atoms with Gasteiger partial charge in [0, 0.05) is 61.7 Å². The number of anilines is 1. The van der Waals surface area contributed by atoms with Crippen molar-refractivity contribution in [2.24, 2.45) is 0 Å². The van der Waals surface area contributed by atoms with Gasteiger partial charge in [0.25, 0.3) is 5.69 Å².